The van der Waals surface area contributed by atoms with E-state index in [1.807, 2.05) is 0 Å². The molecule has 6 heteroatoms. The number of carboxylic acid groups (broad SMARTS) is 1. The van der Waals surface area contributed by atoms with E-state index in [-0.39, 0.29) is 12.3 Å². The molecule has 0 bridgehead atoms. The number of carbonyl (C=O) groups excluding carboxylic acids is 1. The van der Waals surface area contributed by atoms with E-state index in [1.165, 1.54) is 0 Å². The molecule has 2 N–H and O–H groups in total. The number of hydrogen-bond acceptors (Lipinski definition) is 2. The topological polar surface area (TPSA) is 66.4 Å². The molecule has 0 saturated heterocycles. The number of carbonyl (C=O) groups is 2. The first kappa shape index (κ1) is 15.5. The fraction of sp³-hybridized carbons (Fsp3) is 0.0667. The SMILES string of the molecule is O=C(O)Cc1ccc(NC(=O)c2ccc(Cl)c(Br)c2)cc1. The minimum Gasteiger partial charge on any atom is -0.481 e. The first-order valence-electron chi connectivity index (χ1n) is 6.03. The molecule has 2 rings (SSSR count). The van der Waals surface area contributed by atoms with E-state index in [4.69, 9.17) is 16.7 Å². The van der Waals surface area contributed by atoms with Crippen LogP contribution in [0.5, 0.6) is 0 Å². The third kappa shape index (κ3) is 4.31. The standard InChI is InChI=1S/C15H11BrClNO3/c16-12-8-10(3-6-13(12)17)15(21)18-11-4-1-9(2-5-11)7-14(19)20/h1-6,8H,7H2,(H,18,21)(H,19,20). The van der Waals surface area contributed by atoms with Gasteiger partial charge in [-0.15, -0.1) is 0 Å². The molecule has 0 aliphatic rings. The smallest absolute Gasteiger partial charge is 0.307 e. The summed E-state index contributed by atoms with van der Waals surface area (Å²) in [5, 5.41) is 12.0. The van der Waals surface area contributed by atoms with Crippen molar-refractivity contribution in [2.75, 3.05) is 5.32 Å². The van der Waals surface area contributed by atoms with Crippen LogP contribution in [-0.4, -0.2) is 17.0 Å². The summed E-state index contributed by atoms with van der Waals surface area (Å²) in [7, 11) is 0. The number of rotatable bonds is 4. The van der Waals surface area contributed by atoms with Crippen molar-refractivity contribution in [3.63, 3.8) is 0 Å². The summed E-state index contributed by atoms with van der Waals surface area (Å²) in [5.41, 5.74) is 1.75. The molecule has 0 aliphatic carbocycles. The van der Waals surface area contributed by atoms with E-state index in [0.717, 1.165) is 0 Å². The molecule has 0 unspecified atom stereocenters. The van der Waals surface area contributed by atoms with Gasteiger partial charge in [0.2, 0.25) is 0 Å². The summed E-state index contributed by atoms with van der Waals surface area (Å²) in [5.74, 6) is -1.16. The quantitative estimate of drug-likeness (QED) is 0.858. The van der Waals surface area contributed by atoms with Crippen LogP contribution in [0.2, 0.25) is 5.02 Å². The molecule has 4 nitrogen and oxygen atoms in total. The van der Waals surface area contributed by atoms with Gasteiger partial charge in [0.15, 0.2) is 0 Å². The monoisotopic (exact) mass is 367 g/mol. The van der Waals surface area contributed by atoms with Gasteiger partial charge < -0.3 is 10.4 Å². The van der Waals surface area contributed by atoms with Crippen LogP contribution in [0.25, 0.3) is 0 Å². The average molecular weight is 369 g/mol. The Hall–Kier alpha value is -1.85. The van der Waals surface area contributed by atoms with Gasteiger partial charge in [0.1, 0.15) is 0 Å². The predicted octanol–water partition coefficient (Wildman–Crippen LogP) is 3.98. The van der Waals surface area contributed by atoms with Crippen molar-refractivity contribution in [1.82, 2.24) is 0 Å². The lowest BCUT2D eigenvalue weighted by Crippen LogP contribution is -2.12. The number of benzene rings is 2. The van der Waals surface area contributed by atoms with Crippen LogP contribution in [0.4, 0.5) is 5.69 Å². The van der Waals surface area contributed by atoms with E-state index >= 15 is 0 Å². The third-order valence-electron chi connectivity index (χ3n) is 2.75. The zero-order chi connectivity index (χ0) is 15.4. The molecule has 0 saturated carbocycles. The van der Waals surface area contributed by atoms with Gasteiger partial charge in [0.25, 0.3) is 5.91 Å². The van der Waals surface area contributed by atoms with Crippen LogP contribution >= 0.6 is 27.5 Å². The lowest BCUT2D eigenvalue weighted by atomic mass is 10.1. The van der Waals surface area contributed by atoms with Crippen LogP contribution in [-0.2, 0) is 11.2 Å². The summed E-state index contributed by atoms with van der Waals surface area (Å²) in [6.45, 7) is 0. The summed E-state index contributed by atoms with van der Waals surface area (Å²) >= 11 is 9.14. The predicted molar refractivity (Wildman–Crippen MR) is 84.9 cm³/mol. The molecule has 21 heavy (non-hydrogen) atoms. The summed E-state index contributed by atoms with van der Waals surface area (Å²) < 4.78 is 0.647. The third-order valence-corrected chi connectivity index (χ3v) is 3.96. The number of carboxylic acids is 1. The Kier molecular flexibility index (Phi) is 4.98. The fourth-order valence-corrected chi connectivity index (χ4v) is 2.22. The van der Waals surface area contributed by atoms with Gasteiger partial charge in [-0.3, -0.25) is 9.59 Å². The Morgan fingerprint density at radius 3 is 2.38 bits per heavy atom. The lowest BCUT2D eigenvalue weighted by molar-refractivity contribution is -0.136. The molecule has 0 spiro atoms. The van der Waals surface area contributed by atoms with Gasteiger partial charge in [0, 0.05) is 15.7 Å². The van der Waals surface area contributed by atoms with E-state index in [9.17, 15) is 9.59 Å². The van der Waals surface area contributed by atoms with E-state index < -0.39 is 5.97 Å². The van der Waals surface area contributed by atoms with Gasteiger partial charge in [-0.1, -0.05) is 23.7 Å². The maximum atomic E-state index is 12.1. The largest absolute Gasteiger partial charge is 0.481 e. The van der Waals surface area contributed by atoms with Gasteiger partial charge in [0.05, 0.1) is 11.4 Å². The number of anilines is 1. The fourth-order valence-electron chi connectivity index (χ4n) is 1.72. The summed E-state index contributed by atoms with van der Waals surface area (Å²) in [4.78, 5) is 22.7. The van der Waals surface area contributed by atoms with Crippen molar-refractivity contribution < 1.29 is 14.7 Å². The molecular formula is C15H11BrClNO3. The van der Waals surface area contributed by atoms with Crippen molar-refractivity contribution in [1.29, 1.82) is 0 Å². The Morgan fingerprint density at radius 1 is 1.14 bits per heavy atom. The second-order valence-corrected chi connectivity index (χ2v) is 5.61. The molecule has 2 aromatic rings. The Bertz CT molecular complexity index is 686. The number of aliphatic carboxylic acids is 1. The maximum absolute atomic E-state index is 12.1. The second kappa shape index (κ2) is 6.74. The molecule has 2 aromatic carbocycles. The first-order chi connectivity index (χ1) is 9.95. The van der Waals surface area contributed by atoms with Crippen LogP contribution in [0.1, 0.15) is 15.9 Å². The molecular weight excluding hydrogens is 358 g/mol. The van der Waals surface area contributed by atoms with E-state index in [1.54, 1.807) is 42.5 Å². The molecule has 0 radical (unpaired) electrons. The number of amides is 1. The van der Waals surface area contributed by atoms with Crippen LogP contribution in [0.15, 0.2) is 46.9 Å². The molecule has 1 amide bonds. The Balaban J connectivity index is 2.08. The van der Waals surface area contributed by atoms with Crippen LogP contribution < -0.4 is 5.32 Å². The van der Waals surface area contributed by atoms with Crippen molar-refractivity contribution in [2.45, 2.75) is 6.42 Å². The van der Waals surface area contributed by atoms with Crippen LogP contribution in [0.3, 0.4) is 0 Å². The lowest BCUT2D eigenvalue weighted by Gasteiger charge is -2.07. The molecule has 108 valence electrons. The molecule has 0 atom stereocenters. The van der Waals surface area contributed by atoms with Gasteiger partial charge >= 0.3 is 5.97 Å². The van der Waals surface area contributed by atoms with Crippen molar-refractivity contribution in [2.24, 2.45) is 0 Å². The molecule has 0 aromatic heterocycles. The zero-order valence-corrected chi connectivity index (χ0v) is 13.1. The van der Waals surface area contributed by atoms with E-state index in [0.29, 0.717) is 26.3 Å². The first-order valence-corrected chi connectivity index (χ1v) is 7.20. The average Bonchev–Trinajstić information content (AvgIpc) is 2.43. The minimum absolute atomic E-state index is 0.0433. The van der Waals surface area contributed by atoms with Crippen molar-refractivity contribution in [3.8, 4) is 0 Å². The van der Waals surface area contributed by atoms with Gasteiger partial charge in [-0.05, 0) is 51.8 Å². The summed E-state index contributed by atoms with van der Waals surface area (Å²) in [6, 6.07) is 11.6. The highest BCUT2D eigenvalue weighted by Crippen LogP contribution is 2.23. The highest BCUT2D eigenvalue weighted by Gasteiger charge is 2.08. The second-order valence-electron chi connectivity index (χ2n) is 4.35. The van der Waals surface area contributed by atoms with Crippen LogP contribution in [0, 0.1) is 0 Å². The highest BCUT2D eigenvalue weighted by molar-refractivity contribution is 9.10. The Labute approximate surface area is 134 Å². The van der Waals surface area contributed by atoms with Gasteiger partial charge in [-0.25, -0.2) is 0 Å². The number of halogens is 2. The Morgan fingerprint density at radius 2 is 1.81 bits per heavy atom. The number of hydrogen-bond donors (Lipinski definition) is 2. The zero-order valence-electron chi connectivity index (χ0n) is 10.8. The molecule has 0 heterocycles. The van der Waals surface area contributed by atoms with E-state index in [2.05, 4.69) is 21.2 Å². The normalized spacial score (nSPS) is 10.2. The maximum Gasteiger partial charge on any atom is 0.307 e. The van der Waals surface area contributed by atoms with Gasteiger partial charge in [-0.2, -0.15) is 0 Å². The highest BCUT2D eigenvalue weighted by atomic mass is 79.9. The minimum atomic E-state index is -0.891. The van der Waals surface area contributed by atoms with Crippen molar-refractivity contribution in [3.05, 3.63) is 63.1 Å². The molecule has 0 fully saturated rings. The van der Waals surface area contributed by atoms with Crippen molar-refractivity contribution >= 4 is 45.1 Å². The summed E-state index contributed by atoms with van der Waals surface area (Å²) in [6.07, 6.45) is -0.0433. The number of nitrogens with one attached hydrogen (secondary N) is 1. The molecule has 0 aliphatic heterocycles.